The molecule has 1 aromatic carbocycles. The fraction of sp³-hybridized carbons (Fsp3) is 0.524. The molecule has 1 atom stereocenters. The van der Waals surface area contributed by atoms with Gasteiger partial charge in [-0.1, -0.05) is 11.6 Å². The van der Waals surface area contributed by atoms with Crippen molar-refractivity contribution < 1.29 is 14.6 Å². The number of likely N-dealkylation sites (tertiary alicyclic amines) is 1. The molecule has 0 radical (unpaired) electrons. The molecule has 1 aromatic heterocycles. The van der Waals surface area contributed by atoms with Crippen molar-refractivity contribution in [3.63, 3.8) is 0 Å². The first-order valence-corrected chi connectivity index (χ1v) is 10.1. The van der Waals surface area contributed by atoms with Crippen molar-refractivity contribution in [1.29, 1.82) is 0 Å². The van der Waals surface area contributed by atoms with Gasteiger partial charge in [0, 0.05) is 30.9 Å². The van der Waals surface area contributed by atoms with Crippen LogP contribution in [0, 0.1) is 13.8 Å². The van der Waals surface area contributed by atoms with Crippen molar-refractivity contribution in [3.05, 3.63) is 46.2 Å². The van der Waals surface area contributed by atoms with Gasteiger partial charge in [0.15, 0.2) is 0 Å². The molecule has 0 saturated carbocycles. The zero-order chi connectivity index (χ0) is 20.3. The minimum Gasteiger partial charge on any atom is -0.491 e. The Bertz CT molecular complexity index is 828. The number of carbonyl (C=O) groups excluding carboxylic acids is 1. The monoisotopic (exact) mass is 405 g/mol. The summed E-state index contributed by atoms with van der Waals surface area (Å²) in [5.41, 5.74) is 1.54. The topological polar surface area (TPSA) is 67.6 Å². The standard InChI is InChI=1S/C21H28ClN3O3/c1-4-25-13-17(12-23-25)20(26)24-8-5-6-21(27,7-9-24)14-28-18-10-15(2)19(22)16(3)11-18/h10-13,27H,4-9,14H2,1-3H3. The van der Waals surface area contributed by atoms with Crippen LogP contribution in [-0.2, 0) is 6.54 Å². The first kappa shape index (κ1) is 20.7. The van der Waals surface area contributed by atoms with Gasteiger partial charge in [0.2, 0.25) is 0 Å². The zero-order valence-corrected chi connectivity index (χ0v) is 17.5. The van der Waals surface area contributed by atoms with Crippen LogP contribution in [0.4, 0.5) is 0 Å². The first-order chi connectivity index (χ1) is 13.3. The summed E-state index contributed by atoms with van der Waals surface area (Å²) in [5, 5.41) is 15.9. The van der Waals surface area contributed by atoms with Crippen molar-refractivity contribution in [2.75, 3.05) is 19.7 Å². The van der Waals surface area contributed by atoms with E-state index in [0.29, 0.717) is 37.2 Å². The van der Waals surface area contributed by atoms with Crippen LogP contribution in [0.25, 0.3) is 0 Å². The van der Waals surface area contributed by atoms with Crippen LogP contribution in [0.5, 0.6) is 5.75 Å². The third-order valence-electron chi connectivity index (χ3n) is 5.33. The molecule has 2 aromatic rings. The van der Waals surface area contributed by atoms with Gasteiger partial charge < -0.3 is 14.7 Å². The molecule has 2 heterocycles. The van der Waals surface area contributed by atoms with Crippen LogP contribution in [0.3, 0.4) is 0 Å². The van der Waals surface area contributed by atoms with Crippen molar-refractivity contribution >= 4 is 17.5 Å². The minimum absolute atomic E-state index is 0.0335. The smallest absolute Gasteiger partial charge is 0.257 e. The molecule has 0 spiro atoms. The largest absolute Gasteiger partial charge is 0.491 e. The second-order valence-electron chi connectivity index (χ2n) is 7.61. The zero-order valence-electron chi connectivity index (χ0n) is 16.7. The number of aryl methyl sites for hydroxylation is 3. The third-order valence-corrected chi connectivity index (χ3v) is 5.92. The third kappa shape index (κ3) is 4.67. The summed E-state index contributed by atoms with van der Waals surface area (Å²) in [6.45, 7) is 7.90. The highest BCUT2D eigenvalue weighted by molar-refractivity contribution is 6.32. The van der Waals surface area contributed by atoms with E-state index in [1.54, 1.807) is 22.0 Å². The number of hydrogen-bond acceptors (Lipinski definition) is 4. The Morgan fingerprint density at radius 1 is 1.29 bits per heavy atom. The molecule has 6 nitrogen and oxygen atoms in total. The van der Waals surface area contributed by atoms with Crippen LogP contribution < -0.4 is 4.74 Å². The van der Waals surface area contributed by atoms with E-state index in [9.17, 15) is 9.90 Å². The maximum Gasteiger partial charge on any atom is 0.257 e. The number of ether oxygens (including phenoxy) is 1. The lowest BCUT2D eigenvalue weighted by atomic mass is 9.96. The lowest BCUT2D eigenvalue weighted by molar-refractivity contribution is -0.0163. The number of aromatic nitrogens is 2. The molecule has 28 heavy (non-hydrogen) atoms. The molecule has 1 aliphatic heterocycles. The van der Waals surface area contributed by atoms with E-state index >= 15 is 0 Å². The molecule has 0 bridgehead atoms. The summed E-state index contributed by atoms with van der Waals surface area (Å²) in [7, 11) is 0. The normalized spacial score (nSPS) is 20.1. The van der Waals surface area contributed by atoms with Crippen LogP contribution in [0.15, 0.2) is 24.5 Å². The van der Waals surface area contributed by atoms with Crippen molar-refractivity contribution in [1.82, 2.24) is 14.7 Å². The lowest BCUT2D eigenvalue weighted by Crippen LogP contribution is -2.38. The average molecular weight is 406 g/mol. The van der Waals surface area contributed by atoms with E-state index in [1.165, 1.54) is 0 Å². The molecule has 1 unspecified atom stereocenters. The molecule has 1 fully saturated rings. The molecule has 1 saturated heterocycles. The number of carbonyl (C=O) groups is 1. The molecular formula is C21H28ClN3O3. The fourth-order valence-electron chi connectivity index (χ4n) is 3.56. The molecule has 1 aliphatic rings. The summed E-state index contributed by atoms with van der Waals surface area (Å²) in [4.78, 5) is 14.5. The van der Waals surface area contributed by atoms with E-state index in [2.05, 4.69) is 5.10 Å². The van der Waals surface area contributed by atoms with Gasteiger partial charge in [-0.15, -0.1) is 0 Å². The SMILES string of the molecule is CCn1cc(C(=O)N2CCCC(O)(COc3cc(C)c(Cl)c(C)c3)CC2)cn1. The van der Waals surface area contributed by atoms with Gasteiger partial charge >= 0.3 is 0 Å². The Hall–Kier alpha value is -2.05. The maximum absolute atomic E-state index is 12.7. The molecule has 1 amide bonds. The van der Waals surface area contributed by atoms with Gasteiger partial charge in [-0.05, 0) is 63.3 Å². The van der Waals surface area contributed by atoms with Gasteiger partial charge in [0.1, 0.15) is 18.0 Å². The van der Waals surface area contributed by atoms with Crippen LogP contribution in [0.2, 0.25) is 5.02 Å². The average Bonchev–Trinajstić information content (AvgIpc) is 3.07. The highest BCUT2D eigenvalue weighted by Gasteiger charge is 2.33. The number of rotatable bonds is 5. The number of aliphatic hydroxyl groups is 1. The predicted octanol–water partition coefficient (Wildman–Crippen LogP) is 3.61. The quantitative estimate of drug-likeness (QED) is 0.825. The fourth-order valence-corrected chi connectivity index (χ4v) is 3.67. The minimum atomic E-state index is -0.954. The van der Waals surface area contributed by atoms with E-state index in [4.69, 9.17) is 16.3 Å². The van der Waals surface area contributed by atoms with Crippen LogP contribution >= 0.6 is 11.6 Å². The van der Waals surface area contributed by atoms with Crippen molar-refractivity contribution in [2.45, 2.75) is 52.2 Å². The summed E-state index contributed by atoms with van der Waals surface area (Å²) in [6, 6.07) is 3.77. The number of hydrogen-bond donors (Lipinski definition) is 1. The lowest BCUT2D eigenvalue weighted by Gasteiger charge is -2.27. The first-order valence-electron chi connectivity index (χ1n) is 9.75. The van der Waals surface area contributed by atoms with E-state index < -0.39 is 5.60 Å². The van der Waals surface area contributed by atoms with Crippen LogP contribution in [-0.4, -0.2) is 51.0 Å². The molecule has 3 rings (SSSR count). The van der Waals surface area contributed by atoms with E-state index in [1.807, 2.05) is 32.9 Å². The Kier molecular flexibility index (Phi) is 6.30. The van der Waals surface area contributed by atoms with Gasteiger partial charge in [-0.3, -0.25) is 9.48 Å². The number of halogens is 1. The summed E-state index contributed by atoms with van der Waals surface area (Å²) in [5.74, 6) is 0.672. The number of nitrogens with zero attached hydrogens (tertiary/aromatic N) is 3. The Morgan fingerprint density at radius 3 is 2.64 bits per heavy atom. The predicted molar refractivity (Wildman–Crippen MR) is 109 cm³/mol. The van der Waals surface area contributed by atoms with Gasteiger partial charge in [0.25, 0.3) is 5.91 Å². The van der Waals surface area contributed by atoms with Gasteiger partial charge in [-0.25, -0.2) is 0 Å². The molecule has 7 heteroatoms. The molecule has 0 aliphatic carbocycles. The molecular weight excluding hydrogens is 378 g/mol. The number of amides is 1. The Morgan fingerprint density at radius 2 is 2.00 bits per heavy atom. The molecule has 1 N–H and O–H groups in total. The summed E-state index contributed by atoms with van der Waals surface area (Å²) in [6.07, 6.45) is 5.18. The second kappa shape index (κ2) is 8.53. The Balaban J connectivity index is 1.61. The van der Waals surface area contributed by atoms with Gasteiger partial charge in [-0.2, -0.15) is 5.10 Å². The van der Waals surface area contributed by atoms with Crippen molar-refractivity contribution in [3.8, 4) is 5.75 Å². The van der Waals surface area contributed by atoms with Crippen molar-refractivity contribution in [2.24, 2.45) is 0 Å². The number of benzene rings is 1. The second-order valence-corrected chi connectivity index (χ2v) is 7.99. The summed E-state index contributed by atoms with van der Waals surface area (Å²) < 4.78 is 7.63. The summed E-state index contributed by atoms with van der Waals surface area (Å²) >= 11 is 6.21. The van der Waals surface area contributed by atoms with Crippen LogP contribution in [0.1, 0.15) is 47.7 Å². The molecule has 152 valence electrons. The Labute approximate surface area is 171 Å². The van der Waals surface area contributed by atoms with E-state index in [0.717, 1.165) is 29.1 Å². The van der Waals surface area contributed by atoms with E-state index in [-0.39, 0.29) is 12.5 Å². The maximum atomic E-state index is 12.7. The highest BCUT2D eigenvalue weighted by Crippen LogP contribution is 2.28. The highest BCUT2D eigenvalue weighted by atomic mass is 35.5. The van der Waals surface area contributed by atoms with Gasteiger partial charge in [0.05, 0.1) is 11.8 Å².